The molecule has 128 valence electrons. The maximum atomic E-state index is 9.89. The van der Waals surface area contributed by atoms with E-state index in [1.54, 1.807) is 0 Å². The molecule has 0 radical (unpaired) electrons. The lowest BCUT2D eigenvalue weighted by Crippen LogP contribution is -2.09. The molecule has 0 saturated carbocycles. The van der Waals surface area contributed by atoms with Crippen LogP contribution >= 0.6 is 12.6 Å². The maximum Gasteiger partial charge on any atom is 0.0628 e. The number of unbranched alkanes of at least 4 members (excludes halogenated alkanes) is 9. The lowest BCUT2D eigenvalue weighted by atomic mass is 10.0. The van der Waals surface area contributed by atoms with E-state index in [0.29, 0.717) is 5.75 Å². The van der Waals surface area contributed by atoms with Crippen LogP contribution in [0.2, 0.25) is 0 Å². The second kappa shape index (κ2) is 16.6. The molecule has 21 heavy (non-hydrogen) atoms. The lowest BCUT2D eigenvalue weighted by molar-refractivity contribution is 0.141. The van der Waals surface area contributed by atoms with Crippen LogP contribution < -0.4 is 0 Å². The fraction of sp³-hybridized carbons (Fsp3) is 1.00. The van der Waals surface area contributed by atoms with E-state index in [1.165, 1.54) is 51.4 Å². The van der Waals surface area contributed by atoms with Crippen LogP contribution in [-0.2, 0) is 0 Å². The van der Waals surface area contributed by atoms with Gasteiger partial charge in [-0.1, -0.05) is 77.6 Å². The first-order valence-electron chi connectivity index (χ1n) is 9.17. The molecule has 2 nitrogen and oxygen atoms in total. The zero-order valence-electron chi connectivity index (χ0n) is 14.1. The second-order valence-corrected chi connectivity index (χ2v) is 6.76. The van der Waals surface area contributed by atoms with E-state index in [9.17, 15) is 10.2 Å². The minimum absolute atomic E-state index is 0.136. The Kier molecular flexibility index (Phi) is 16.9. The molecular weight excluding hydrogens is 280 g/mol. The Morgan fingerprint density at radius 1 is 0.619 bits per heavy atom. The molecule has 3 heteroatoms. The van der Waals surface area contributed by atoms with Gasteiger partial charge in [0.05, 0.1) is 12.2 Å². The van der Waals surface area contributed by atoms with Gasteiger partial charge in [-0.25, -0.2) is 0 Å². The molecule has 0 aliphatic heterocycles. The predicted molar refractivity (Wildman–Crippen MR) is 96.2 cm³/mol. The average molecular weight is 319 g/mol. The third-order valence-corrected chi connectivity index (χ3v) is 4.60. The van der Waals surface area contributed by atoms with Gasteiger partial charge in [-0.05, 0) is 19.3 Å². The largest absolute Gasteiger partial charge is 0.393 e. The first-order chi connectivity index (χ1) is 10.2. The molecular formula is C18H38O2S. The topological polar surface area (TPSA) is 40.5 Å². The Labute approximate surface area is 138 Å². The van der Waals surface area contributed by atoms with Crippen molar-refractivity contribution in [2.45, 2.75) is 109 Å². The monoisotopic (exact) mass is 318 g/mol. The van der Waals surface area contributed by atoms with Gasteiger partial charge in [-0.3, -0.25) is 0 Å². The van der Waals surface area contributed by atoms with Gasteiger partial charge in [0.25, 0.3) is 0 Å². The molecule has 0 fully saturated rings. The van der Waals surface area contributed by atoms with Crippen LogP contribution in [0.1, 0.15) is 96.8 Å². The summed E-state index contributed by atoms with van der Waals surface area (Å²) in [7, 11) is 0. The Morgan fingerprint density at radius 3 is 1.48 bits per heavy atom. The summed E-state index contributed by atoms with van der Waals surface area (Å²) in [5, 5.41) is 19.3. The summed E-state index contributed by atoms with van der Waals surface area (Å²) < 4.78 is 0. The lowest BCUT2D eigenvalue weighted by Gasteiger charge is -2.11. The quantitative estimate of drug-likeness (QED) is 0.273. The van der Waals surface area contributed by atoms with E-state index < -0.39 is 0 Å². The molecule has 0 aromatic heterocycles. The van der Waals surface area contributed by atoms with Crippen molar-refractivity contribution in [1.82, 2.24) is 0 Å². The SMILES string of the molecule is CCCCCCCCCCCC(O)CCCCC(O)CS. The van der Waals surface area contributed by atoms with E-state index in [4.69, 9.17) is 0 Å². The molecule has 0 spiro atoms. The van der Waals surface area contributed by atoms with Gasteiger partial charge < -0.3 is 10.2 Å². The van der Waals surface area contributed by atoms with Crippen molar-refractivity contribution in [2.24, 2.45) is 0 Å². The van der Waals surface area contributed by atoms with Crippen molar-refractivity contribution < 1.29 is 10.2 Å². The van der Waals surface area contributed by atoms with Crippen LogP contribution in [0.25, 0.3) is 0 Å². The van der Waals surface area contributed by atoms with Crippen molar-refractivity contribution in [3.63, 3.8) is 0 Å². The number of hydrogen-bond acceptors (Lipinski definition) is 3. The number of hydrogen-bond donors (Lipinski definition) is 3. The van der Waals surface area contributed by atoms with E-state index in [1.807, 2.05) is 0 Å². The van der Waals surface area contributed by atoms with Crippen LogP contribution in [0.5, 0.6) is 0 Å². The van der Waals surface area contributed by atoms with Gasteiger partial charge >= 0.3 is 0 Å². The van der Waals surface area contributed by atoms with Crippen molar-refractivity contribution in [2.75, 3.05) is 5.75 Å². The molecule has 0 rings (SSSR count). The van der Waals surface area contributed by atoms with Gasteiger partial charge in [0.2, 0.25) is 0 Å². The Morgan fingerprint density at radius 2 is 1.00 bits per heavy atom. The minimum atomic E-state index is -0.275. The molecule has 2 N–H and O–H groups in total. The number of thiol groups is 1. The van der Waals surface area contributed by atoms with Crippen LogP contribution in [0, 0.1) is 0 Å². The van der Waals surface area contributed by atoms with Gasteiger partial charge in [0.1, 0.15) is 0 Å². The predicted octanol–water partition coefficient (Wildman–Crippen LogP) is 5.12. The van der Waals surface area contributed by atoms with Crippen molar-refractivity contribution >= 4 is 12.6 Å². The average Bonchev–Trinajstić information content (AvgIpc) is 2.49. The standard InChI is InChI=1S/C18H38O2S/c1-2-3-4-5-6-7-8-9-10-13-17(19)14-11-12-15-18(20)16-21/h17-21H,2-16H2,1H3. The number of aliphatic hydroxyl groups is 2. The third kappa shape index (κ3) is 16.5. The highest BCUT2D eigenvalue weighted by atomic mass is 32.1. The normalized spacial score (nSPS) is 14.3. The first kappa shape index (κ1) is 21.3. The van der Waals surface area contributed by atoms with Crippen molar-refractivity contribution in [3.8, 4) is 0 Å². The maximum absolute atomic E-state index is 9.89. The fourth-order valence-electron chi connectivity index (χ4n) is 2.69. The first-order valence-corrected chi connectivity index (χ1v) is 9.81. The van der Waals surface area contributed by atoms with E-state index in [2.05, 4.69) is 19.6 Å². The summed E-state index contributed by atoms with van der Waals surface area (Å²) in [4.78, 5) is 0. The smallest absolute Gasteiger partial charge is 0.0628 e. The van der Waals surface area contributed by atoms with Crippen LogP contribution in [0.3, 0.4) is 0 Å². The highest BCUT2D eigenvalue weighted by molar-refractivity contribution is 7.80. The summed E-state index contributed by atoms with van der Waals surface area (Å²) >= 11 is 4.06. The second-order valence-electron chi connectivity index (χ2n) is 6.39. The molecule has 0 amide bonds. The zero-order chi connectivity index (χ0) is 15.8. The molecule has 0 aliphatic carbocycles. The highest BCUT2D eigenvalue weighted by Crippen LogP contribution is 2.14. The van der Waals surface area contributed by atoms with Crippen molar-refractivity contribution in [3.05, 3.63) is 0 Å². The van der Waals surface area contributed by atoms with Gasteiger partial charge in [0, 0.05) is 5.75 Å². The molecule has 2 unspecified atom stereocenters. The summed E-state index contributed by atoms with van der Waals surface area (Å²) in [6.45, 7) is 2.26. The number of rotatable bonds is 16. The summed E-state index contributed by atoms with van der Waals surface area (Å²) in [5.74, 6) is 0.543. The van der Waals surface area contributed by atoms with Crippen LogP contribution in [0.4, 0.5) is 0 Å². The molecule has 2 atom stereocenters. The molecule has 0 saturated heterocycles. The minimum Gasteiger partial charge on any atom is -0.393 e. The van der Waals surface area contributed by atoms with E-state index in [0.717, 1.165) is 38.5 Å². The van der Waals surface area contributed by atoms with Gasteiger partial charge in [0.15, 0.2) is 0 Å². The Balaban J connectivity index is 3.17. The molecule has 0 aliphatic rings. The fourth-order valence-corrected chi connectivity index (χ4v) is 2.87. The summed E-state index contributed by atoms with van der Waals surface area (Å²) in [6.07, 6.45) is 16.3. The molecule has 0 aromatic carbocycles. The highest BCUT2D eigenvalue weighted by Gasteiger charge is 2.05. The zero-order valence-corrected chi connectivity index (χ0v) is 15.0. The van der Waals surface area contributed by atoms with Crippen LogP contribution in [-0.4, -0.2) is 28.2 Å². The summed E-state index contributed by atoms with van der Waals surface area (Å²) in [6, 6.07) is 0. The van der Waals surface area contributed by atoms with E-state index in [-0.39, 0.29) is 12.2 Å². The molecule has 0 bridgehead atoms. The third-order valence-electron chi connectivity index (χ3n) is 4.18. The van der Waals surface area contributed by atoms with Crippen LogP contribution in [0.15, 0.2) is 0 Å². The van der Waals surface area contributed by atoms with Gasteiger partial charge in [-0.2, -0.15) is 12.6 Å². The molecule has 0 aromatic rings. The number of aliphatic hydroxyl groups excluding tert-OH is 2. The Bertz CT molecular complexity index is 200. The Hall–Kier alpha value is 0.270. The molecule has 0 heterocycles. The van der Waals surface area contributed by atoms with E-state index >= 15 is 0 Å². The van der Waals surface area contributed by atoms with Gasteiger partial charge in [-0.15, -0.1) is 0 Å². The van der Waals surface area contributed by atoms with Crippen molar-refractivity contribution in [1.29, 1.82) is 0 Å². The summed E-state index contributed by atoms with van der Waals surface area (Å²) in [5.41, 5.74) is 0.